The average molecular weight is 701 g/mol. The van der Waals surface area contributed by atoms with Crippen LogP contribution in [0.4, 0.5) is 10.8 Å². The Morgan fingerprint density at radius 1 is 0.800 bits per heavy atom. The van der Waals surface area contributed by atoms with E-state index in [0.717, 1.165) is 26.9 Å². The molecule has 50 heavy (non-hydrogen) atoms. The molecule has 3 N–H and O–H groups in total. The summed E-state index contributed by atoms with van der Waals surface area (Å²) in [5.41, 5.74) is 3.24. The van der Waals surface area contributed by atoms with E-state index in [4.69, 9.17) is 9.47 Å². The van der Waals surface area contributed by atoms with Crippen molar-refractivity contribution in [1.29, 1.82) is 0 Å². The van der Waals surface area contributed by atoms with Crippen molar-refractivity contribution in [2.45, 2.75) is 4.90 Å². The molecule has 6 aromatic rings. The Hall–Kier alpha value is -5.91. The Labute approximate surface area is 297 Å². The molecule has 1 heterocycles. The number of nitrogens with zero attached hydrogens (tertiary/aromatic N) is 1. The first kappa shape index (κ1) is 34.0. The lowest BCUT2D eigenvalue weighted by Gasteiger charge is -2.14. The van der Waals surface area contributed by atoms with Gasteiger partial charge < -0.3 is 25.4 Å². The van der Waals surface area contributed by atoms with Crippen LogP contribution in [-0.2, 0) is 9.59 Å². The number of aromatic nitrogens is 1. The number of thiazole rings is 1. The molecule has 0 radical (unpaired) electrons. The van der Waals surface area contributed by atoms with E-state index in [2.05, 4.69) is 45.2 Å². The summed E-state index contributed by atoms with van der Waals surface area (Å²) < 4.78 is 10.9. The predicted molar refractivity (Wildman–Crippen MR) is 201 cm³/mol. The number of benzene rings is 5. The van der Waals surface area contributed by atoms with Gasteiger partial charge in [-0.25, -0.2) is 4.98 Å². The van der Waals surface area contributed by atoms with E-state index < -0.39 is 11.8 Å². The highest BCUT2D eigenvalue weighted by molar-refractivity contribution is 8.00. The Balaban J connectivity index is 1.08. The fourth-order valence-electron chi connectivity index (χ4n) is 5.07. The molecule has 0 fully saturated rings. The quantitative estimate of drug-likeness (QED) is 0.0872. The van der Waals surface area contributed by atoms with Crippen molar-refractivity contribution in [3.05, 3.63) is 137 Å². The fraction of sp³-hybridized carbons (Fsp3) is 0.0769. The van der Waals surface area contributed by atoms with Gasteiger partial charge in [0.25, 0.3) is 11.8 Å². The van der Waals surface area contributed by atoms with Crippen LogP contribution >= 0.6 is 23.1 Å². The first-order valence-electron chi connectivity index (χ1n) is 15.5. The standard InChI is InChI=1S/C39H32N4O5S2/c1-47-34-14-8-13-29(36(34)48-2)22-32(41-37(45)26-10-4-3-5-11-26)38(46)40-30-17-19-31(20-18-30)49-24-35(44)43-39-42-33(23-50-39)28-16-15-25-9-6-7-12-27(25)21-28/h3-23H,24H2,1-2H3,(H,40,46)(H,41,45)(H,42,43,44)/b32-22-. The minimum absolute atomic E-state index is 0.00601. The summed E-state index contributed by atoms with van der Waals surface area (Å²) in [5.74, 6) is -0.0812. The Bertz CT molecular complexity index is 2180. The number of fused-ring (bicyclic) bond motifs is 1. The molecule has 9 nitrogen and oxygen atoms in total. The molecule has 0 aliphatic heterocycles. The number of hydrogen-bond acceptors (Lipinski definition) is 8. The van der Waals surface area contributed by atoms with E-state index >= 15 is 0 Å². The minimum Gasteiger partial charge on any atom is -0.493 e. The summed E-state index contributed by atoms with van der Waals surface area (Å²) in [7, 11) is 3.02. The molecule has 0 aliphatic carbocycles. The van der Waals surface area contributed by atoms with Crippen molar-refractivity contribution in [1.82, 2.24) is 10.3 Å². The van der Waals surface area contributed by atoms with Crippen molar-refractivity contribution >= 4 is 68.5 Å². The van der Waals surface area contributed by atoms with Crippen LogP contribution in [-0.4, -0.2) is 42.7 Å². The monoisotopic (exact) mass is 700 g/mol. The number of amides is 3. The zero-order chi connectivity index (χ0) is 34.9. The number of ether oxygens (including phenoxy) is 2. The molecule has 0 saturated heterocycles. The molecule has 0 saturated carbocycles. The number of carbonyl (C=O) groups excluding carboxylic acids is 3. The lowest BCUT2D eigenvalue weighted by atomic mass is 10.1. The summed E-state index contributed by atoms with van der Waals surface area (Å²) in [5, 5.41) is 13.2. The van der Waals surface area contributed by atoms with Crippen LogP contribution in [0.25, 0.3) is 28.1 Å². The van der Waals surface area contributed by atoms with Gasteiger partial charge in [0.15, 0.2) is 16.6 Å². The molecule has 0 spiro atoms. The molecular weight excluding hydrogens is 669 g/mol. The zero-order valence-corrected chi connectivity index (χ0v) is 28.8. The average Bonchev–Trinajstić information content (AvgIpc) is 3.62. The van der Waals surface area contributed by atoms with Gasteiger partial charge in [0.2, 0.25) is 5.91 Å². The highest BCUT2D eigenvalue weighted by Crippen LogP contribution is 2.32. The van der Waals surface area contributed by atoms with Crippen molar-refractivity contribution < 1.29 is 23.9 Å². The van der Waals surface area contributed by atoms with Gasteiger partial charge in [-0.05, 0) is 65.4 Å². The fourth-order valence-corrected chi connectivity index (χ4v) is 6.51. The molecule has 0 aliphatic rings. The zero-order valence-electron chi connectivity index (χ0n) is 27.1. The number of rotatable bonds is 12. The van der Waals surface area contributed by atoms with Crippen LogP contribution in [0.1, 0.15) is 15.9 Å². The Morgan fingerprint density at radius 3 is 2.32 bits per heavy atom. The predicted octanol–water partition coefficient (Wildman–Crippen LogP) is 8.12. The van der Waals surface area contributed by atoms with Crippen LogP contribution in [0.5, 0.6) is 11.5 Å². The SMILES string of the molecule is COc1cccc(/C=C(\NC(=O)c2ccccc2)C(=O)Nc2ccc(SCC(=O)Nc3nc(-c4ccc5ccccc5c4)cs3)cc2)c1OC. The largest absolute Gasteiger partial charge is 0.493 e. The van der Waals surface area contributed by atoms with Crippen molar-refractivity contribution in [3.8, 4) is 22.8 Å². The van der Waals surface area contributed by atoms with Gasteiger partial charge in [-0.1, -0.05) is 66.7 Å². The summed E-state index contributed by atoms with van der Waals surface area (Å²) in [6, 6.07) is 35.3. The first-order chi connectivity index (χ1) is 24.4. The topological polar surface area (TPSA) is 119 Å². The molecule has 11 heteroatoms. The lowest BCUT2D eigenvalue weighted by Crippen LogP contribution is -2.30. The van der Waals surface area contributed by atoms with Gasteiger partial charge in [0, 0.05) is 32.7 Å². The second-order valence-corrected chi connectivity index (χ2v) is 12.8. The molecule has 0 bridgehead atoms. The number of para-hydroxylation sites is 1. The molecule has 5 aromatic carbocycles. The van der Waals surface area contributed by atoms with Crippen LogP contribution in [0.2, 0.25) is 0 Å². The number of carbonyl (C=O) groups is 3. The highest BCUT2D eigenvalue weighted by atomic mass is 32.2. The Morgan fingerprint density at radius 2 is 1.56 bits per heavy atom. The number of methoxy groups -OCH3 is 2. The third-order valence-corrected chi connectivity index (χ3v) is 9.31. The molecule has 1 aromatic heterocycles. The maximum Gasteiger partial charge on any atom is 0.272 e. The molecule has 0 unspecified atom stereocenters. The molecule has 3 amide bonds. The summed E-state index contributed by atoms with van der Waals surface area (Å²) in [4.78, 5) is 44.8. The van der Waals surface area contributed by atoms with Crippen molar-refractivity contribution in [2.75, 3.05) is 30.6 Å². The van der Waals surface area contributed by atoms with E-state index in [1.54, 1.807) is 60.7 Å². The van der Waals surface area contributed by atoms with E-state index in [0.29, 0.717) is 33.4 Å². The maximum absolute atomic E-state index is 13.5. The minimum atomic E-state index is -0.537. The van der Waals surface area contributed by atoms with Gasteiger partial charge >= 0.3 is 0 Å². The van der Waals surface area contributed by atoms with Gasteiger partial charge in [-0.3, -0.25) is 14.4 Å². The number of anilines is 2. The van der Waals surface area contributed by atoms with Gasteiger partial charge in [-0.2, -0.15) is 0 Å². The Kier molecular flexibility index (Phi) is 10.9. The third kappa shape index (κ3) is 8.38. The van der Waals surface area contributed by atoms with Gasteiger partial charge in [0.1, 0.15) is 5.70 Å². The smallest absolute Gasteiger partial charge is 0.272 e. The second-order valence-electron chi connectivity index (χ2n) is 10.9. The van der Waals surface area contributed by atoms with Crippen LogP contribution < -0.4 is 25.4 Å². The molecular formula is C39H32N4O5S2. The lowest BCUT2D eigenvalue weighted by molar-refractivity contribution is -0.114. The molecule has 250 valence electrons. The van der Waals surface area contributed by atoms with E-state index in [1.165, 1.54) is 43.4 Å². The number of hydrogen-bond donors (Lipinski definition) is 3. The maximum atomic E-state index is 13.5. The van der Waals surface area contributed by atoms with Crippen molar-refractivity contribution in [3.63, 3.8) is 0 Å². The normalized spacial score (nSPS) is 11.1. The molecule has 6 rings (SSSR count). The van der Waals surface area contributed by atoms with Gasteiger partial charge in [0.05, 0.1) is 25.7 Å². The summed E-state index contributed by atoms with van der Waals surface area (Å²) >= 11 is 2.74. The highest BCUT2D eigenvalue weighted by Gasteiger charge is 2.18. The van der Waals surface area contributed by atoms with Crippen LogP contribution in [0, 0.1) is 0 Å². The molecule has 0 atom stereocenters. The van der Waals surface area contributed by atoms with Gasteiger partial charge in [-0.15, -0.1) is 23.1 Å². The number of thioether (sulfide) groups is 1. The van der Waals surface area contributed by atoms with Crippen LogP contribution in [0.15, 0.2) is 131 Å². The van der Waals surface area contributed by atoms with Crippen molar-refractivity contribution in [2.24, 2.45) is 0 Å². The number of nitrogens with one attached hydrogen (secondary N) is 3. The second kappa shape index (κ2) is 16.0. The first-order valence-corrected chi connectivity index (χ1v) is 17.3. The summed E-state index contributed by atoms with van der Waals surface area (Å²) in [6.07, 6.45) is 1.54. The van der Waals surface area contributed by atoms with E-state index in [9.17, 15) is 14.4 Å². The van der Waals surface area contributed by atoms with E-state index in [1.807, 2.05) is 35.7 Å². The third-order valence-electron chi connectivity index (χ3n) is 7.54. The van der Waals surface area contributed by atoms with Crippen LogP contribution in [0.3, 0.4) is 0 Å². The van der Waals surface area contributed by atoms with E-state index in [-0.39, 0.29) is 17.4 Å². The summed E-state index contributed by atoms with van der Waals surface area (Å²) in [6.45, 7) is 0.